The van der Waals surface area contributed by atoms with Gasteiger partial charge in [-0.05, 0) is 42.7 Å². The van der Waals surface area contributed by atoms with Gasteiger partial charge in [-0.2, -0.15) is 0 Å². The molecule has 2 heterocycles. The third kappa shape index (κ3) is 4.18. The smallest absolute Gasteiger partial charge is 0.245 e. The van der Waals surface area contributed by atoms with Gasteiger partial charge in [0.25, 0.3) is 0 Å². The van der Waals surface area contributed by atoms with E-state index in [2.05, 4.69) is 21.9 Å². The number of amides is 1. The second-order valence-electron chi connectivity index (χ2n) is 7.39. The van der Waals surface area contributed by atoms with Crippen LogP contribution >= 0.6 is 11.6 Å². The van der Waals surface area contributed by atoms with Crippen LogP contribution < -0.4 is 10.1 Å². The minimum absolute atomic E-state index is 0.0277. The van der Waals surface area contributed by atoms with E-state index in [0.717, 1.165) is 23.8 Å². The van der Waals surface area contributed by atoms with Gasteiger partial charge >= 0.3 is 0 Å². The Hall–Kier alpha value is -3.19. The first-order chi connectivity index (χ1) is 15.0. The quantitative estimate of drug-likeness (QED) is 0.561. The lowest BCUT2D eigenvalue weighted by Gasteiger charge is -2.33. The van der Waals surface area contributed by atoms with Gasteiger partial charge in [-0.1, -0.05) is 24.2 Å². The van der Waals surface area contributed by atoms with Gasteiger partial charge in [0, 0.05) is 30.5 Å². The molecule has 160 valence electrons. The van der Waals surface area contributed by atoms with Gasteiger partial charge in [-0.15, -0.1) is 0 Å². The van der Waals surface area contributed by atoms with Gasteiger partial charge in [0.05, 0.1) is 23.3 Å². The minimum atomic E-state index is -0.546. The lowest BCUT2D eigenvalue weighted by atomic mass is 9.89. The van der Waals surface area contributed by atoms with Crippen LogP contribution in [0.2, 0.25) is 5.02 Å². The summed E-state index contributed by atoms with van der Waals surface area (Å²) in [4.78, 5) is 22.6. The summed E-state index contributed by atoms with van der Waals surface area (Å²) in [6.07, 6.45) is 4.56. The number of benzene rings is 2. The Morgan fingerprint density at radius 1 is 1.39 bits per heavy atom. The Kier molecular flexibility index (Phi) is 6.04. The van der Waals surface area contributed by atoms with Gasteiger partial charge in [-0.3, -0.25) is 4.79 Å². The predicted octanol–water partition coefficient (Wildman–Crippen LogP) is 5.07. The molecule has 31 heavy (non-hydrogen) atoms. The standard InChI is InChI=1S/C23H22ClFN4O2/c1-3-21(30)29-9-5-6-14(12-29)15-10-16-19(11-20(15)31-2)26-13-27-23(16)28-18-8-4-7-17(24)22(18)25/h3-4,7-8,10-11,13-14H,1,5-6,9,12H2,2H3,(H,26,27,28)/t14-/m0/s1. The average molecular weight is 441 g/mol. The van der Waals surface area contributed by atoms with E-state index in [9.17, 15) is 9.18 Å². The Labute approximate surface area is 184 Å². The zero-order valence-corrected chi connectivity index (χ0v) is 17.8. The number of piperidine rings is 1. The van der Waals surface area contributed by atoms with E-state index in [4.69, 9.17) is 16.3 Å². The summed E-state index contributed by atoms with van der Waals surface area (Å²) in [5, 5.41) is 3.79. The molecule has 0 bridgehead atoms. The van der Waals surface area contributed by atoms with Crippen LogP contribution in [0.25, 0.3) is 10.9 Å². The second-order valence-corrected chi connectivity index (χ2v) is 7.79. The summed E-state index contributed by atoms with van der Waals surface area (Å²) in [5.41, 5.74) is 1.85. The summed E-state index contributed by atoms with van der Waals surface area (Å²) in [5.74, 6) is 0.629. The van der Waals surface area contributed by atoms with Crippen molar-refractivity contribution in [1.82, 2.24) is 14.9 Å². The van der Waals surface area contributed by atoms with Crippen LogP contribution in [0.4, 0.5) is 15.9 Å². The zero-order chi connectivity index (χ0) is 22.0. The highest BCUT2D eigenvalue weighted by molar-refractivity contribution is 6.31. The topological polar surface area (TPSA) is 67.4 Å². The van der Waals surface area contributed by atoms with E-state index in [1.54, 1.807) is 24.1 Å². The molecule has 0 spiro atoms. The third-order valence-electron chi connectivity index (χ3n) is 5.54. The Morgan fingerprint density at radius 3 is 3.00 bits per heavy atom. The molecule has 1 N–H and O–H groups in total. The molecule has 6 nitrogen and oxygen atoms in total. The fourth-order valence-corrected chi connectivity index (χ4v) is 4.16. The van der Waals surface area contributed by atoms with Gasteiger partial charge in [0.2, 0.25) is 5.91 Å². The number of methoxy groups -OCH3 is 1. The molecule has 1 saturated heterocycles. The molecular weight excluding hydrogens is 419 g/mol. The summed E-state index contributed by atoms with van der Waals surface area (Å²) < 4.78 is 20.1. The molecule has 0 aliphatic carbocycles. The molecule has 3 aromatic rings. The maximum atomic E-state index is 14.4. The van der Waals surface area contributed by atoms with Crippen molar-refractivity contribution in [3.05, 3.63) is 65.7 Å². The largest absolute Gasteiger partial charge is 0.496 e. The van der Waals surface area contributed by atoms with Crippen molar-refractivity contribution in [3.63, 3.8) is 0 Å². The van der Waals surface area contributed by atoms with E-state index >= 15 is 0 Å². The highest BCUT2D eigenvalue weighted by Crippen LogP contribution is 2.38. The summed E-state index contributed by atoms with van der Waals surface area (Å²) in [7, 11) is 1.61. The number of carbonyl (C=O) groups excluding carboxylic acids is 1. The van der Waals surface area contributed by atoms with Crippen molar-refractivity contribution in [1.29, 1.82) is 0 Å². The van der Waals surface area contributed by atoms with Crippen LogP contribution in [0.5, 0.6) is 5.75 Å². The van der Waals surface area contributed by atoms with E-state index in [0.29, 0.717) is 30.2 Å². The number of fused-ring (bicyclic) bond motifs is 1. The Morgan fingerprint density at radius 2 is 2.23 bits per heavy atom. The van der Waals surface area contributed by atoms with Crippen molar-refractivity contribution in [2.45, 2.75) is 18.8 Å². The van der Waals surface area contributed by atoms with Crippen LogP contribution in [0.15, 0.2) is 49.3 Å². The first-order valence-electron chi connectivity index (χ1n) is 9.96. The van der Waals surface area contributed by atoms with Gasteiger partial charge in [0.1, 0.15) is 17.9 Å². The van der Waals surface area contributed by atoms with Crippen LogP contribution in [0.1, 0.15) is 24.3 Å². The molecule has 0 radical (unpaired) electrons. The fraction of sp³-hybridized carbons (Fsp3) is 0.261. The molecule has 1 aliphatic rings. The van der Waals surface area contributed by atoms with E-state index < -0.39 is 5.82 Å². The van der Waals surface area contributed by atoms with Crippen LogP contribution in [0.3, 0.4) is 0 Å². The second kappa shape index (κ2) is 8.89. The number of rotatable bonds is 5. The molecule has 0 unspecified atom stereocenters. The Balaban J connectivity index is 1.76. The van der Waals surface area contributed by atoms with E-state index in [-0.39, 0.29) is 22.5 Å². The molecule has 0 saturated carbocycles. The van der Waals surface area contributed by atoms with Crippen LogP contribution in [-0.4, -0.2) is 41.0 Å². The number of carbonyl (C=O) groups is 1. The third-order valence-corrected chi connectivity index (χ3v) is 5.83. The SMILES string of the molecule is C=CC(=O)N1CCC[C@H](c2cc3c(Nc4cccc(Cl)c4F)ncnc3cc2OC)C1. The number of anilines is 2. The monoisotopic (exact) mass is 440 g/mol. The number of aromatic nitrogens is 2. The summed E-state index contributed by atoms with van der Waals surface area (Å²) in [6, 6.07) is 8.56. The van der Waals surface area contributed by atoms with Gasteiger partial charge in [-0.25, -0.2) is 14.4 Å². The zero-order valence-electron chi connectivity index (χ0n) is 17.1. The molecule has 1 aliphatic heterocycles. The van der Waals surface area contributed by atoms with Gasteiger partial charge < -0.3 is 15.0 Å². The maximum absolute atomic E-state index is 14.4. The number of nitrogens with zero attached hydrogens (tertiary/aromatic N) is 3. The number of likely N-dealkylation sites (tertiary alicyclic amines) is 1. The molecule has 4 rings (SSSR count). The van der Waals surface area contributed by atoms with Crippen LogP contribution in [0, 0.1) is 5.82 Å². The fourth-order valence-electron chi connectivity index (χ4n) is 3.98. The highest BCUT2D eigenvalue weighted by Gasteiger charge is 2.26. The molecule has 1 amide bonds. The maximum Gasteiger partial charge on any atom is 0.245 e. The number of nitrogens with one attached hydrogen (secondary N) is 1. The van der Waals surface area contributed by atoms with Crippen LogP contribution in [-0.2, 0) is 4.79 Å². The first-order valence-corrected chi connectivity index (χ1v) is 10.3. The van der Waals surface area contributed by atoms with Crippen molar-refractivity contribution in [2.75, 3.05) is 25.5 Å². The van der Waals surface area contributed by atoms with Crippen molar-refractivity contribution in [2.24, 2.45) is 0 Å². The molecule has 1 fully saturated rings. The van der Waals surface area contributed by atoms with Crippen molar-refractivity contribution in [3.8, 4) is 5.75 Å². The van der Waals surface area contributed by atoms with Crippen molar-refractivity contribution < 1.29 is 13.9 Å². The minimum Gasteiger partial charge on any atom is -0.496 e. The number of halogens is 2. The number of hydrogen-bond donors (Lipinski definition) is 1. The molecule has 1 atom stereocenters. The normalized spacial score (nSPS) is 16.2. The van der Waals surface area contributed by atoms with Crippen molar-refractivity contribution >= 4 is 39.9 Å². The van der Waals surface area contributed by atoms with E-state index in [1.165, 1.54) is 18.5 Å². The van der Waals surface area contributed by atoms with Gasteiger partial charge in [0.15, 0.2) is 5.82 Å². The number of ether oxygens (including phenoxy) is 1. The summed E-state index contributed by atoms with van der Waals surface area (Å²) in [6.45, 7) is 4.88. The highest BCUT2D eigenvalue weighted by atomic mass is 35.5. The summed E-state index contributed by atoms with van der Waals surface area (Å²) >= 11 is 5.91. The first kappa shape index (κ1) is 21.1. The molecule has 1 aromatic heterocycles. The average Bonchev–Trinajstić information content (AvgIpc) is 2.80. The number of hydrogen-bond acceptors (Lipinski definition) is 5. The predicted molar refractivity (Wildman–Crippen MR) is 120 cm³/mol. The Bertz CT molecular complexity index is 1150. The van der Waals surface area contributed by atoms with E-state index in [1.807, 2.05) is 12.1 Å². The molecule has 8 heteroatoms. The molecular formula is C23H22ClFN4O2. The molecule has 2 aromatic carbocycles. The lowest BCUT2D eigenvalue weighted by Crippen LogP contribution is -2.38. The lowest BCUT2D eigenvalue weighted by molar-refractivity contribution is -0.127.